The van der Waals surface area contributed by atoms with E-state index < -0.39 is 0 Å². The normalized spacial score (nSPS) is 10.9. The highest BCUT2D eigenvalue weighted by atomic mass is 16.1. The summed E-state index contributed by atoms with van der Waals surface area (Å²) in [6.45, 7) is 0. The Morgan fingerprint density at radius 2 is 2.29 bits per heavy atom. The van der Waals surface area contributed by atoms with Crippen molar-refractivity contribution in [3.63, 3.8) is 0 Å². The van der Waals surface area contributed by atoms with Gasteiger partial charge in [-0.15, -0.1) is 0 Å². The molecule has 2 aromatic heterocycles. The van der Waals surface area contributed by atoms with Gasteiger partial charge in [0.2, 0.25) is 0 Å². The SMILES string of the molecule is Cn1cc(-c2c[c]ccc2)n2cncc2c1=O. The van der Waals surface area contributed by atoms with Crippen molar-refractivity contribution in [3.8, 4) is 11.3 Å². The molecule has 0 unspecified atom stereocenters. The summed E-state index contributed by atoms with van der Waals surface area (Å²) in [6, 6.07) is 10.7. The molecule has 3 aromatic rings. The quantitative estimate of drug-likeness (QED) is 0.628. The minimum absolute atomic E-state index is 0.0499. The van der Waals surface area contributed by atoms with Crippen LogP contribution >= 0.6 is 0 Å². The summed E-state index contributed by atoms with van der Waals surface area (Å²) in [4.78, 5) is 15.9. The lowest BCUT2D eigenvalue weighted by atomic mass is 10.1. The summed E-state index contributed by atoms with van der Waals surface area (Å²) in [5.41, 5.74) is 2.46. The molecule has 0 N–H and O–H groups in total. The van der Waals surface area contributed by atoms with Gasteiger partial charge in [0, 0.05) is 18.8 Å². The maximum absolute atomic E-state index is 11.9. The predicted octanol–water partition coefficient (Wildman–Crippen LogP) is 1.50. The Kier molecular flexibility index (Phi) is 2.08. The van der Waals surface area contributed by atoms with Gasteiger partial charge in [-0.05, 0) is 12.1 Å². The average molecular weight is 224 g/mol. The number of fused-ring (bicyclic) bond motifs is 1. The summed E-state index contributed by atoms with van der Waals surface area (Å²) in [7, 11) is 1.74. The van der Waals surface area contributed by atoms with Gasteiger partial charge in [-0.1, -0.05) is 18.2 Å². The van der Waals surface area contributed by atoms with E-state index in [-0.39, 0.29) is 5.56 Å². The first kappa shape index (κ1) is 9.84. The van der Waals surface area contributed by atoms with Gasteiger partial charge in [0.1, 0.15) is 5.52 Å². The average Bonchev–Trinajstić information content (AvgIpc) is 2.84. The molecule has 4 nitrogen and oxygen atoms in total. The Morgan fingerprint density at radius 3 is 3.06 bits per heavy atom. The minimum atomic E-state index is -0.0499. The van der Waals surface area contributed by atoms with Crippen LogP contribution in [0.2, 0.25) is 0 Å². The second kappa shape index (κ2) is 3.59. The van der Waals surface area contributed by atoms with E-state index in [1.165, 1.54) is 0 Å². The number of aromatic nitrogens is 3. The van der Waals surface area contributed by atoms with Crippen molar-refractivity contribution in [2.45, 2.75) is 0 Å². The summed E-state index contributed by atoms with van der Waals surface area (Å²) < 4.78 is 3.37. The molecular weight excluding hydrogens is 214 g/mol. The fraction of sp³-hybridized carbons (Fsp3) is 0.0769. The van der Waals surface area contributed by atoms with Gasteiger partial charge in [0.15, 0.2) is 0 Å². The zero-order valence-electron chi connectivity index (χ0n) is 9.29. The van der Waals surface area contributed by atoms with Crippen molar-refractivity contribution in [1.82, 2.24) is 14.0 Å². The standard InChI is InChI=1S/C13H10N3O/c1-15-8-12(10-5-3-2-4-6-10)16-9-14-7-11(16)13(15)17/h2-3,5-9H,1H3. The van der Waals surface area contributed by atoms with Crippen LogP contribution < -0.4 is 5.56 Å². The highest BCUT2D eigenvalue weighted by Crippen LogP contribution is 2.17. The van der Waals surface area contributed by atoms with Gasteiger partial charge < -0.3 is 4.57 Å². The third kappa shape index (κ3) is 1.45. The molecule has 0 fully saturated rings. The molecule has 0 spiro atoms. The van der Waals surface area contributed by atoms with Crippen molar-refractivity contribution >= 4 is 5.52 Å². The molecule has 4 heteroatoms. The highest BCUT2D eigenvalue weighted by Gasteiger charge is 2.08. The maximum Gasteiger partial charge on any atom is 0.276 e. The number of hydrogen-bond donors (Lipinski definition) is 0. The van der Waals surface area contributed by atoms with Crippen molar-refractivity contribution in [2.24, 2.45) is 7.05 Å². The predicted molar refractivity (Wildman–Crippen MR) is 64.7 cm³/mol. The van der Waals surface area contributed by atoms with Crippen LogP contribution in [-0.2, 0) is 7.05 Å². The molecule has 17 heavy (non-hydrogen) atoms. The van der Waals surface area contributed by atoms with Crippen LogP contribution in [0, 0.1) is 6.07 Å². The van der Waals surface area contributed by atoms with E-state index in [0.717, 1.165) is 11.3 Å². The molecule has 1 aromatic carbocycles. The van der Waals surface area contributed by atoms with Crippen molar-refractivity contribution in [3.05, 3.63) is 59.4 Å². The molecule has 0 amide bonds. The van der Waals surface area contributed by atoms with Gasteiger partial charge in [-0.25, -0.2) is 4.98 Å². The lowest BCUT2D eigenvalue weighted by molar-refractivity contribution is 0.850. The van der Waals surface area contributed by atoms with Crippen LogP contribution in [0.15, 0.2) is 47.8 Å². The maximum atomic E-state index is 11.9. The molecule has 83 valence electrons. The van der Waals surface area contributed by atoms with Crippen LogP contribution in [0.25, 0.3) is 16.8 Å². The molecule has 0 saturated heterocycles. The largest absolute Gasteiger partial charge is 0.315 e. The Balaban J connectivity index is 2.42. The molecule has 0 aliphatic rings. The van der Waals surface area contributed by atoms with Crippen LogP contribution in [0.4, 0.5) is 0 Å². The number of rotatable bonds is 1. The Bertz CT molecular complexity index is 725. The first-order valence-electron chi connectivity index (χ1n) is 5.25. The summed E-state index contributed by atoms with van der Waals surface area (Å²) >= 11 is 0. The number of benzene rings is 1. The van der Waals surface area contributed by atoms with Crippen LogP contribution in [-0.4, -0.2) is 14.0 Å². The number of nitrogens with zero attached hydrogens (tertiary/aromatic N) is 3. The highest BCUT2D eigenvalue weighted by molar-refractivity contribution is 5.62. The van der Waals surface area contributed by atoms with Gasteiger partial charge in [0.05, 0.1) is 18.2 Å². The van der Waals surface area contributed by atoms with E-state index in [9.17, 15) is 4.79 Å². The molecule has 0 atom stereocenters. The minimum Gasteiger partial charge on any atom is -0.315 e. The third-order valence-electron chi connectivity index (χ3n) is 2.76. The number of hydrogen-bond acceptors (Lipinski definition) is 2. The smallest absolute Gasteiger partial charge is 0.276 e. The first-order valence-corrected chi connectivity index (χ1v) is 5.25. The van der Waals surface area contributed by atoms with E-state index >= 15 is 0 Å². The zero-order chi connectivity index (χ0) is 11.8. The second-order valence-corrected chi connectivity index (χ2v) is 3.87. The molecule has 0 bridgehead atoms. The molecule has 0 aliphatic heterocycles. The van der Waals surface area contributed by atoms with E-state index in [1.807, 2.05) is 24.3 Å². The van der Waals surface area contributed by atoms with Gasteiger partial charge in [-0.3, -0.25) is 9.20 Å². The molecule has 3 rings (SSSR count). The van der Waals surface area contributed by atoms with Gasteiger partial charge in [-0.2, -0.15) is 0 Å². The van der Waals surface area contributed by atoms with Crippen LogP contribution in [0.5, 0.6) is 0 Å². The van der Waals surface area contributed by atoms with E-state index in [2.05, 4.69) is 11.1 Å². The van der Waals surface area contributed by atoms with E-state index in [1.54, 1.807) is 34.7 Å². The summed E-state index contributed by atoms with van der Waals surface area (Å²) in [6.07, 6.45) is 5.04. The van der Waals surface area contributed by atoms with Crippen molar-refractivity contribution < 1.29 is 0 Å². The molecule has 0 saturated carbocycles. The third-order valence-corrected chi connectivity index (χ3v) is 2.76. The lowest BCUT2D eigenvalue weighted by Crippen LogP contribution is -2.18. The van der Waals surface area contributed by atoms with E-state index in [4.69, 9.17) is 0 Å². The number of aryl methyl sites for hydroxylation is 1. The van der Waals surface area contributed by atoms with Crippen molar-refractivity contribution in [2.75, 3.05) is 0 Å². The number of imidazole rings is 1. The molecule has 2 heterocycles. The summed E-state index contributed by atoms with van der Waals surface area (Å²) in [5, 5.41) is 0. The first-order chi connectivity index (χ1) is 8.27. The fourth-order valence-electron chi connectivity index (χ4n) is 1.90. The molecule has 0 aliphatic carbocycles. The Hall–Kier alpha value is -2.36. The Labute approximate surface area is 97.8 Å². The van der Waals surface area contributed by atoms with Crippen molar-refractivity contribution in [1.29, 1.82) is 0 Å². The monoisotopic (exact) mass is 224 g/mol. The Morgan fingerprint density at radius 1 is 1.41 bits per heavy atom. The topological polar surface area (TPSA) is 39.3 Å². The van der Waals surface area contributed by atoms with E-state index in [0.29, 0.717) is 5.52 Å². The molecular formula is C13H10N3O. The van der Waals surface area contributed by atoms with Crippen LogP contribution in [0.1, 0.15) is 0 Å². The lowest BCUT2D eigenvalue weighted by Gasteiger charge is -2.07. The van der Waals surface area contributed by atoms with Gasteiger partial charge in [0.25, 0.3) is 5.56 Å². The second-order valence-electron chi connectivity index (χ2n) is 3.87. The fourth-order valence-corrected chi connectivity index (χ4v) is 1.90. The van der Waals surface area contributed by atoms with Gasteiger partial charge >= 0.3 is 0 Å². The summed E-state index contributed by atoms with van der Waals surface area (Å²) in [5.74, 6) is 0. The van der Waals surface area contributed by atoms with Crippen LogP contribution in [0.3, 0.4) is 0 Å². The zero-order valence-corrected chi connectivity index (χ0v) is 9.29. The molecule has 1 radical (unpaired) electrons.